The summed E-state index contributed by atoms with van der Waals surface area (Å²) in [5.41, 5.74) is 0. The molecule has 1 aliphatic heterocycles. The number of nitrogens with zero attached hydrogens (tertiary/aromatic N) is 5. The summed E-state index contributed by atoms with van der Waals surface area (Å²) in [5.74, 6) is 1.84. The van der Waals surface area contributed by atoms with Crippen LogP contribution in [0.15, 0.2) is 29.4 Å². The number of tetrazole rings is 1. The van der Waals surface area contributed by atoms with Crippen LogP contribution in [0.5, 0.6) is 11.5 Å². The molecular weight excluding hydrogens is 378 g/mol. The quantitative estimate of drug-likeness (QED) is 0.657. The minimum Gasteiger partial charge on any atom is -0.486 e. The van der Waals surface area contributed by atoms with E-state index in [1.807, 2.05) is 35.9 Å². The molecule has 1 atom stereocenters. The second kappa shape index (κ2) is 8.81. The van der Waals surface area contributed by atoms with Gasteiger partial charge in [-0.05, 0) is 42.3 Å². The number of likely N-dealkylation sites (N-methyl/N-ethyl adjacent to an activating group) is 1. The molecule has 150 valence electrons. The first-order chi connectivity index (χ1) is 13.7. The van der Waals surface area contributed by atoms with Gasteiger partial charge in [0.15, 0.2) is 17.6 Å². The van der Waals surface area contributed by atoms with E-state index in [2.05, 4.69) is 15.5 Å². The van der Waals surface area contributed by atoms with Crippen molar-refractivity contribution < 1.29 is 14.3 Å². The Kier molecular flexibility index (Phi) is 5.99. The molecule has 0 saturated heterocycles. The van der Waals surface area contributed by atoms with Crippen LogP contribution >= 0.6 is 11.8 Å². The molecule has 0 N–H and O–H groups in total. The first kappa shape index (κ1) is 19.0. The number of ether oxygens (including phenoxy) is 2. The van der Waals surface area contributed by atoms with Crippen molar-refractivity contribution in [1.82, 2.24) is 25.1 Å². The topological polar surface area (TPSA) is 82.4 Å². The Bertz CT molecular complexity index is 808. The highest BCUT2D eigenvalue weighted by atomic mass is 32.2. The summed E-state index contributed by atoms with van der Waals surface area (Å²) >= 11 is 1.41. The zero-order valence-corrected chi connectivity index (χ0v) is 16.8. The third-order valence-electron chi connectivity index (χ3n) is 5.18. The predicted molar refractivity (Wildman–Crippen MR) is 105 cm³/mol. The highest BCUT2D eigenvalue weighted by Crippen LogP contribution is 2.32. The summed E-state index contributed by atoms with van der Waals surface area (Å²) in [4.78, 5) is 14.6. The van der Waals surface area contributed by atoms with Crippen LogP contribution in [0.25, 0.3) is 0 Å². The smallest absolute Gasteiger partial charge is 0.233 e. The Hall–Kier alpha value is -2.29. The number of benzene rings is 1. The van der Waals surface area contributed by atoms with Crippen LogP contribution in [-0.4, -0.2) is 62.6 Å². The van der Waals surface area contributed by atoms with Gasteiger partial charge in [-0.1, -0.05) is 36.7 Å². The Morgan fingerprint density at radius 3 is 2.86 bits per heavy atom. The van der Waals surface area contributed by atoms with Crippen LogP contribution in [0.4, 0.5) is 0 Å². The van der Waals surface area contributed by atoms with Crippen molar-refractivity contribution in [2.24, 2.45) is 0 Å². The molecule has 1 amide bonds. The number of hydrogen-bond donors (Lipinski definition) is 0. The van der Waals surface area contributed by atoms with Crippen LogP contribution in [-0.2, 0) is 4.79 Å². The number of carbonyl (C=O) groups is 1. The van der Waals surface area contributed by atoms with Crippen molar-refractivity contribution >= 4 is 17.7 Å². The molecule has 1 aromatic carbocycles. The van der Waals surface area contributed by atoms with Crippen LogP contribution < -0.4 is 9.47 Å². The fourth-order valence-electron chi connectivity index (χ4n) is 3.68. The highest BCUT2D eigenvalue weighted by molar-refractivity contribution is 7.99. The normalized spacial score (nSPS) is 19.0. The molecule has 2 aromatic rings. The molecule has 1 saturated carbocycles. The summed E-state index contributed by atoms with van der Waals surface area (Å²) < 4.78 is 13.6. The second-order valence-corrected chi connectivity index (χ2v) is 8.01. The molecule has 28 heavy (non-hydrogen) atoms. The maximum atomic E-state index is 12.8. The first-order valence-corrected chi connectivity index (χ1v) is 10.8. The average Bonchev–Trinajstić information content (AvgIpc) is 3.41. The Morgan fingerprint density at radius 1 is 1.29 bits per heavy atom. The zero-order valence-electron chi connectivity index (χ0n) is 16.0. The van der Waals surface area contributed by atoms with E-state index in [0.29, 0.717) is 31.5 Å². The maximum absolute atomic E-state index is 12.8. The number of thioether (sulfide) groups is 1. The number of rotatable bonds is 7. The molecule has 0 bridgehead atoms. The van der Waals surface area contributed by atoms with E-state index in [-0.39, 0.29) is 12.0 Å². The molecule has 0 spiro atoms. The van der Waals surface area contributed by atoms with Gasteiger partial charge in [-0.3, -0.25) is 4.79 Å². The highest BCUT2D eigenvalue weighted by Gasteiger charge is 2.26. The van der Waals surface area contributed by atoms with E-state index in [0.717, 1.165) is 29.5 Å². The number of amides is 1. The van der Waals surface area contributed by atoms with Crippen LogP contribution in [0.3, 0.4) is 0 Å². The first-order valence-electron chi connectivity index (χ1n) is 9.81. The van der Waals surface area contributed by atoms with Gasteiger partial charge in [-0.15, -0.1) is 5.10 Å². The summed E-state index contributed by atoms with van der Waals surface area (Å²) in [5, 5.41) is 12.8. The van der Waals surface area contributed by atoms with E-state index in [1.54, 1.807) is 4.90 Å². The van der Waals surface area contributed by atoms with E-state index in [1.165, 1.54) is 24.6 Å². The van der Waals surface area contributed by atoms with Crippen molar-refractivity contribution in [2.75, 3.05) is 25.4 Å². The van der Waals surface area contributed by atoms with Gasteiger partial charge in [-0.2, -0.15) is 0 Å². The lowest BCUT2D eigenvalue weighted by Gasteiger charge is -2.30. The van der Waals surface area contributed by atoms with Crippen molar-refractivity contribution in [1.29, 1.82) is 0 Å². The summed E-state index contributed by atoms with van der Waals surface area (Å²) in [6.07, 6.45) is 4.46. The van der Waals surface area contributed by atoms with E-state index < -0.39 is 0 Å². The lowest BCUT2D eigenvalue weighted by molar-refractivity contribution is -0.129. The Labute approximate surface area is 168 Å². The lowest BCUT2D eigenvalue weighted by Crippen LogP contribution is -2.44. The van der Waals surface area contributed by atoms with Crippen LogP contribution in [0, 0.1) is 0 Å². The lowest BCUT2D eigenvalue weighted by atomic mass is 10.2. The van der Waals surface area contributed by atoms with Gasteiger partial charge in [-0.25, -0.2) is 4.68 Å². The van der Waals surface area contributed by atoms with E-state index in [4.69, 9.17) is 9.47 Å². The summed E-state index contributed by atoms with van der Waals surface area (Å²) in [7, 11) is 0. The number of para-hydroxylation sites is 2. The van der Waals surface area contributed by atoms with E-state index in [9.17, 15) is 4.79 Å². The molecule has 9 heteroatoms. The van der Waals surface area contributed by atoms with Crippen LogP contribution in [0.2, 0.25) is 0 Å². The third-order valence-corrected chi connectivity index (χ3v) is 6.10. The SMILES string of the molecule is CCN(C[C@H]1COc2ccccc2O1)C(=O)CSc1nnnn1C1CCCC1. The van der Waals surface area contributed by atoms with Gasteiger partial charge in [0, 0.05) is 6.54 Å². The zero-order chi connectivity index (χ0) is 19.3. The standard InChI is InChI=1S/C19H25N5O3S/c1-2-23(11-15-12-26-16-9-5-6-10-17(16)27-15)18(25)13-28-19-20-21-22-24(19)14-7-3-4-8-14/h5-6,9-10,14-15H,2-4,7-8,11-13H2,1H3/t15-/m0/s1. The molecule has 1 aliphatic carbocycles. The van der Waals surface area contributed by atoms with Gasteiger partial charge < -0.3 is 14.4 Å². The van der Waals surface area contributed by atoms with Gasteiger partial charge in [0.05, 0.1) is 18.3 Å². The van der Waals surface area contributed by atoms with Crippen molar-refractivity contribution in [3.05, 3.63) is 24.3 Å². The number of hydrogen-bond acceptors (Lipinski definition) is 7. The van der Waals surface area contributed by atoms with Crippen molar-refractivity contribution in [3.8, 4) is 11.5 Å². The second-order valence-electron chi connectivity index (χ2n) is 7.06. The molecular formula is C19H25N5O3S. The summed E-state index contributed by atoms with van der Waals surface area (Å²) in [6, 6.07) is 7.97. The summed E-state index contributed by atoms with van der Waals surface area (Å²) in [6.45, 7) is 3.53. The molecule has 1 aromatic heterocycles. The fourth-order valence-corrected chi connectivity index (χ4v) is 4.53. The van der Waals surface area contributed by atoms with E-state index >= 15 is 0 Å². The van der Waals surface area contributed by atoms with Crippen molar-refractivity contribution in [3.63, 3.8) is 0 Å². The molecule has 1 fully saturated rings. The molecule has 4 rings (SSSR count). The predicted octanol–water partition coefficient (Wildman–Crippen LogP) is 2.57. The number of fused-ring (bicyclic) bond motifs is 1. The monoisotopic (exact) mass is 403 g/mol. The molecule has 8 nitrogen and oxygen atoms in total. The van der Waals surface area contributed by atoms with Crippen LogP contribution in [0.1, 0.15) is 38.6 Å². The van der Waals surface area contributed by atoms with Gasteiger partial charge in [0.25, 0.3) is 0 Å². The fraction of sp³-hybridized carbons (Fsp3) is 0.579. The molecule has 0 radical (unpaired) electrons. The number of carbonyl (C=O) groups excluding carboxylic acids is 1. The molecule has 2 aliphatic rings. The van der Waals surface area contributed by atoms with Gasteiger partial charge in [0.1, 0.15) is 6.61 Å². The molecule has 2 heterocycles. The number of aromatic nitrogens is 4. The van der Waals surface area contributed by atoms with Gasteiger partial charge >= 0.3 is 0 Å². The Morgan fingerprint density at radius 2 is 2.07 bits per heavy atom. The maximum Gasteiger partial charge on any atom is 0.233 e. The minimum atomic E-state index is -0.174. The molecule has 0 unspecified atom stereocenters. The Balaban J connectivity index is 1.32. The minimum absolute atomic E-state index is 0.0518. The third kappa shape index (κ3) is 4.24. The average molecular weight is 404 g/mol. The van der Waals surface area contributed by atoms with Crippen molar-refractivity contribution in [2.45, 2.75) is 49.9 Å². The largest absolute Gasteiger partial charge is 0.486 e. The van der Waals surface area contributed by atoms with Gasteiger partial charge in [0.2, 0.25) is 11.1 Å².